The van der Waals surface area contributed by atoms with Crippen LogP contribution in [-0.2, 0) is 4.74 Å². The number of halogens is 1. The summed E-state index contributed by atoms with van der Waals surface area (Å²) < 4.78 is 4.57. The summed E-state index contributed by atoms with van der Waals surface area (Å²) in [4.78, 5) is 22.3. The van der Waals surface area contributed by atoms with Crippen molar-refractivity contribution in [3.05, 3.63) is 35.2 Å². The summed E-state index contributed by atoms with van der Waals surface area (Å²) in [7, 11) is 1.28. The molecule has 0 saturated carbocycles. The van der Waals surface area contributed by atoms with Crippen molar-refractivity contribution in [2.75, 3.05) is 7.11 Å². The van der Waals surface area contributed by atoms with Crippen LogP contribution < -0.4 is 0 Å². The van der Waals surface area contributed by atoms with E-state index >= 15 is 0 Å². The van der Waals surface area contributed by atoms with Crippen LogP contribution in [0.1, 0.15) is 10.5 Å². The maximum Gasteiger partial charge on any atom is 0.356 e. The zero-order valence-corrected chi connectivity index (χ0v) is 9.15. The van der Waals surface area contributed by atoms with Gasteiger partial charge in [-0.3, -0.25) is 0 Å². The van der Waals surface area contributed by atoms with E-state index in [2.05, 4.69) is 19.7 Å². The maximum atomic E-state index is 11.3. The van der Waals surface area contributed by atoms with Gasteiger partial charge in [0.1, 0.15) is 5.15 Å². The van der Waals surface area contributed by atoms with Gasteiger partial charge in [0.15, 0.2) is 11.5 Å². The van der Waals surface area contributed by atoms with Crippen molar-refractivity contribution in [3.63, 3.8) is 0 Å². The van der Waals surface area contributed by atoms with Crippen LogP contribution in [-0.4, -0.2) is 28.0 Å². The van der Waals surface area contributed by atoms with Gasteiger partial charge in [-0.2, -0.15) is 0 Å². The van der Waals surface area contributed by atoms with E-state index in [9.17, 15) is 4.79 Å². The second kappa shape index (κ2) is 4.32. The van der Waals surface area contributed by atoms with E-state index in [-0.39, 0.29) is 10.8 Å². The summed E-state index contributed by atoms with van der Waals surface area (Å²) >= 11 is 5.80. The number of methoxy groups -OCH3 is 1. The number of carbonyl (C=O) groups excluding carboxylic acids is 1. The molecule has 0 amide bonds. The molecule has 2 aromatic heterocycles. The third-order valence-corrected chi connectivity index (χ3v) is 2.12. The molecule has 2 rings (SSSR count). The zero-order chi connectivity index (χ0) is 11.5. The molecule has 0 radical (unpaired) electrons. The van der Waals surface area contributed by atoms with Gasteiger partial charge in [-0.1, -0.05) is 11.6 Å². The molecule has 0 atom stereocenters. The average molecular weight is 238 g/mol. The number of rotatable bonds is 2. The molecular formula is C10H8ClN3O2. The Morgan fingerprint density at radius 2 is 2.31 bits per heavy atom. The molecule has 0 bridgehead atoms. The third-order valence-electron chi connectivity index (χ3n) is 1.93. The van der Waals surface area contributed by atoms with Crippen LogP contribution in [0.15, 0.2) is 24.4 Å². The van der Waals surface area contributed by atoms with E-state index in [1.54, 1.807) is 18.3 Å². The second-order valence-corrected chi connectivity index (χ2v) is 3.36. The average Bonchev–Trinajstić information content (AvgIpc) is 2.80. The first-order valence-corrected chi connectivity index (χ1v) is 4.85. The summed E-state index contributed by atoms with van der Waals surface area (Å²) in [6, 6.07) is 4.95. The van der Waals surface area contributed by atoms with Crippen LogP contribution in [0.5, 0.6) is 0 Å². The van der Waals surface area contributed by atoms with Crippen molar-refractivity contribution < 1.29 is 9.53 Å². The van der Waals surface area contributed by atoms with Crippen molar-refractivity contribution in [1.29, 1.82) is 0 Å². The second-order valence-electron chi connectivity index (χ2n) is 2.97. The number of nitrogens with zero attached hydrogens (tertiary/aromatic N) is 2. The largest absolute Gasteiger partial charge is 0.464 e. The maximum absolute atomic E-state index is 11.3. The van der Waals surface area contributed by atoms with Gasteiger partial charge in [0.2, 0.25) is 0 Å². The van der Waals surface area contributed by atoms with Gasteiger partial charge < -0.3 is 9.72 Å². The van der Waals surface area contributed by atoms with Crippen LogP contribution in [0.25, 0.3) is 11.5 Å². The summed E-state index contributed by atoms with van der Waals surface area (Å²) in [6.45, 7) is 0. The van der Waals surface area contributed by atoms with Crippen molar-refractivity contribution in [2.45, 2.75) is 0 Å². The molecule has 6 heteroatoms. The number of hydrogen-bond donors (Lipinski definition) is 1. The number of H-pyrrole nitrogens is 1. The molecule has 5 nitrogen and oxygen atoms in total. The fourth-order valence-electron chi connectivity index (χ4n) is 1.22. The number of aromatic amines is 1. The monoisotopic (exact) mass is 237 g/mol. The predicted octanol–water partition coefficient (Wildman–Crippen LogP) is 1.91. The number of ether oxygens (including phenoxy) is 1. The van der Waals surface area contributed by atoms with Crippen LogP contribution >= 0.6 is 11.6 Å². The van der Waals surface area contributed by atoms with Gasteiger partial charge in [-0.15, -0.1) is 0 Å². The molecule has 0 aliphatic carbocycles. The Kier molecular flexibility index (Phi) is 2.87. The molecule has 1 N–H and O–H groups in total. The first kappa shape index (κ1) is 10.6. The highest BCUT2D eigenvalue weighted by atomic mass is 35.5. The number of carbonyl (C=O) groups is 1. The number of esters is 1. The van der Waals surface area contributed by atoms with E-state index in [0.717, 1.165) is 0 Å². The molecule has 16 heavy (non-hydrogen) atoms. The number of aromatic nitrogens is 3. The van der Waals surface area contributed by atoms with Crippen LogP contribution in [0, 0.1) is 0 Å². The summed E-state index contributed by atoms with van der Waals surface area (Å²) in [5.74, 6) is -0.185. The molecule has 82 valence electrons. The summed E-state index contributed by atoms with van der Waals surface area (Å²) in [5.41, 5.74) is 0.819. The summed E-state index contributed by atoms with van der Waals surface area (Å²) in [5, 5.41) is 0.194. The quantitative estimate of drug-likeness (QED) is 0.640. The Morgan fingerprint density at radius 1 is 1.50 bits per heavy atom. The van der Waals surface area contributed by atoms with Gasteiger partial charge in [0.05, 0.1) is 12.8 Å². The lowest BCUT2D eigenvalue weighted by Gasteiger charge is -2.02. The molecule has 0 aliphatic rings. The first-order valence-electron chi connectivity index (χ1n) is 4.47. The minimum atomic E-state index is -0.544. The Hall–Kier alpha value is -1.88. The van der Waals surface area contributed by atoms with Gasteiger partial charge in [-0.25, -0.2) is 14.8 Å². The fraction of sp³-hybridized carbons (Fsp3) is 0.100. The minimum absolute atomic E-state index is 0.132. The Balaban J connectivity index is 2.48. The predicted molar refractivity (Wildman–Crippen MR) is 58.2 cm³/mol. The van der Waals surface area contributed by atoms with Crippen molar-refractivity contribution in [3.8, 4) is 11.5 Å². The van der Waals surface area contributed by atoms with Crippen LogP contribution in [0.2, 0.25) is 5.15 Å². The van der Waals surface area contributed by atoms with Crippen molar-refractivity contribution >= 4 is 17.6 Å². The standard InChI is InChI=1S/C10H8ClN3O2/c1-16-10(15)7-5-8(11)14-9(13-7)6-3-2-4-12-6/h2-5,12H,1H3. The molecule has 2 aromatic rings. The van der Waals surface area contributed by atoms with E-state index in [0.29, 0.717) is 11.5 Å². The molecule has 0 unspecified atom stereocenters. The zero-order valence-electron chi connectivity index (χ0n) is 8.40. The van der Waals surface area contributed by atoms with Gasteiger partial charge in [0.25, 0.3) is 0 Å². The Morgan fingerprint density at radius 3 is 2.94 bits per heavy atom. The van der Waals surface area contributed by atoms with Gasteiger partial charge in [0, 0.05) is 12.3 Å². The molecule has 0 aliphatic heterocycles. The van der Waals surface area contributed by atoms with Gasteiger partial charge in [-0.05, 0) is 12.1 Å². The highest BCUT2D eigenvalue weighted by Gasteiger charge is 2.12. The SMILES string of the molecule is COC(=O)c1cc(Cl)nc(-c2ccc[nH]2)n1. The molecule has 2 heterocycles. The van der Waals surface area contributed by atoms with E-state index in [4.69, 9.17) is 11.6 Å². The third kappa shape index (κ3) is 2.04. The van der Waals surface area contributed by atoms with E-state index < -0.39 is 5.97 Å². The highest BCUT2D eigenvalue weighted by molar-refractivity contribution is 6.29. The minimum Gasteiger partial charge on any atom is -0.464 e. The first-order chi connectivity index (χ1) is 7.70. The normalized spacial score (nSPS) is 10.1. The van der Waals surface area contributed by atoms with E-state index in [1.807, 2.05) is 0 Å². The lowest BCUT2D eigenvalue weighted by Crippen LogP contribution is -2.06. The molecule has 0 fully saturated rings. The molecule has 0 saturated heterocycles. The lowest BCUT2D eigenvalue weighted by atomic mass is 10.3. The fourth-order valence-corrected chi connectivity index (χ4v) is 1.40. The highest BCUT2D eigenvalue weighted by Crippen LogP contribution is 2.16. The number of nitrogens with one attached hydrogen (secondary N) is 1. The van der Waals surface area contributed by atoms with Gasteiger partial charge >= 0.3 is 5.97 Å². The number of hydrogen-bond acceptors (Lipinski definition) is 4. The van der Waals surface area contributed by atoms with E-state index in [1.165, 1.54) is 13.2 Å². The molecular weight excluding hydrogens is 230 g/mol. The Labute approximate surface area is 96.4 Å². The molecule has 0 aromatic carbocycles. The van der Waals surface area contributed by atoms with Crippen molar-refractivity contribution in [2.24, 2.45) is 0 Å². The Bertz CT molecular complexity index is 511. The van der Waals surface area contributed by atoms with Crippen molar-refractivity contribution in [1.82, 2.24) is 15.0 Å². The topological polar surface area (TPSA) is 67.9 Å². The van der Waals surface area contributed by atoms with Crippen LogP contribution in [0.3, 0.4) is 0 Å². The lowest BCUT2D eigenvalue weighted by molar-refractivity contribution is 0.0594. The summed E-state index contributed by atoms with van der Waals surface area (Å²) in [6.07, 6.45) is 1.73. The molecule has 0 spiro atoms. The van der Waals surface area contributed by atoms with Crippen LogP contribution in [0.4, 0.5) is 0 Å². The smallest absolute Gasteiger partial charge is 0.356 e.